The number of hydrogen-bond acceptors (Lipinski definition) is 4. The average molecular weight is 344 g/mol. The molecule has 0 bridgehead atoms. The van der Waals surface area contributed by atoms with Crippen LogP contribution in [-0.4, -0.2) is 37.2 Å². The van der Waals surface area contributed by atoms with Gasteiger partial charge in [0.25, 0.3) is 5.91 Å². The number of methoxy groups -OCH3 is 1. The van der Waals surface area contributed by atoms with Crippen molar-refractivity contribution in [1.82, 2.24) is 4.90 Å². The summed E-state index contributed by atoms with van der Waals surface area (Å²) in [6.45, 7) is 1.43. The molecule has 1 heterocycles. The fourth-order valence-electron chi connectivity index (χ4n) is 2.49. The van der Waals surface area contributed by atoms with Crippen molar-refractivity contribution in [1.29, 1.82) is 0 Å². The van der Waals surface area contributed by atoms with Crippen molar-refractivity contribution in [3.63, 3.8) is 0 Å². The Hall–Kier alpha value is -3.09. The van der Waals surface area contributed by atoms with E-state index >= 15 is 0 Å². The van der Waals surface area contributed by atoms with Gasteiger partial charge in [0.15, 0.2) is 11.6 Å². The fourth-order valence-corrected chi connectivity index (χ4v) is 2.49. The predicted molar refractivity (Wildman–Crippen MR) is 89.1 cm³/mol. The van der Waals surface area contributed by atoms with Crippen molar-refractivity contribution in [2.75, 3.05) is 25.6 Å². The van der Waals surface area contributed by atoms with E-state index in [1.807, 2.05) is 12.1 Å². The Morgan fingerprint density at radius 1 is 1.28 bits per heavy atom. The minimum absolute atomic E-state index is 0.0846. The van der Waals surface area contributed by atoms with Crippen LogP contribution in [0.3, 0.4) is 0 Å². The Morgan fingerprint density at radius 3 is 2.64 bits per heavy atom. The van der Waals surface area contributed by atoms with Crippen LogP contribution in [0.5, 0.6) is 5.75 Å². The van der Waals surface area contributed by atoms with E-state index in [0.29, 0.717) is 25.4 Å². The van der Waals surface area contributed by atoms with E-state index in [1.165, 1.54) is 19.2 Å². The molecule has 25 heavy (non-hydrogen) atoms. The van der Waals surface area contributed by atoms with E-state index < -0.39 is 11.7 Å². The normalized spacial score (nSPS) is 13.5. The summed E-state index contributed by atoms with van der Waals surface area (Å²) in [4.78, 5) is 25.2. The molecule has 0 radical (unpaired) electrons. The van der Waals surface area contributed by atoms with E-state index in [2.05, 4.69) is 5.32 Å². The molecule has 0 spiro atoms. The molecule has 1 aliphatic heterocycles. The molecule has 130 valence electrons. The third-order valence-corrected chi connectivity index (χ3v) is 3.84. The zero-order valence-corrected chi connectivity index (χ0v) is 13.6. The van der Waals surface area contributed by atoms with Crippen molar-refractivity contribution in [3.8, 4) is 5.75 Å². The second kappa shape index (κ2) is 7.21. The Labute approximate surface area is 144 Å². The van der Waals surface area contributed by atoms with Crippen molar-refractivity contribution in [2.24, 2.45) is 0 Å². The quantitative estimate of drug-likeness (QED) is 0.905. The van der Waals surface area contributed by atoms with Gasteiger partial charge >= 0.3 is 6.09 Å². The lowest BCUT2D eigenvalue weighted by molar-refractivity contribution is 0.102. The molecule has 0 aromatic heterocycles. The summed E-state index contributed by atoms with van der Waals surface area (Å²) in [5.41, 5.74) is 1.70. The topological polar surface area (TPSA) is 67.9 Å². The summed E-state index contributed by atoms with van der Waals surface area (Å²) < 4.78 is 23.4. The van der Waals surface area contributed by atoms with Gasteiger partial charge in [0.2, 0.25) is 0 Å². The van der Waals surface area contributed by atoms with Crippen LogP contribution in [0.1, 0.15) is 15.9 Å². The van der Waals surface area contributed by atoms with Crippen molar-refractivity contribution >= 4 is 17.7 Å². The number of carbonyl (C=O) groups excluding carboxylic acids is 2. The van der Waals surface area contributed by atoms with Crippen molar-refractivity contribution < 1.29 is 23.5 Å². The standard InChI is InChI=1S/C18H17FN2O4/c1-24-16-7-4-13(10-15(16)19)17(22)20-14-5-2-12(3-6-14)11-21-8-9-25-18(21)23/h2-7,10H,8-9,11H2,1H3,(H,20,22). The third-order valence-electron chi connectivity index (χ3n) is 3.84. The van der Waals surface area contributed by atoms with E-state index in [1.54, 1.807) is 17.0 Å². The van der Waals surface area contributed by atoms with Crippen LogP contribution < -0.4 is 10.1 Å². The highest BCUT2D eigenvalue weighted by molar-refractivity contribution is 6.04. The van der Waals surface area contributed by atoms with E-state index in [9.17, 15) is 14.0 Å². The maximum Gasteiger partial charge on any atom is 0.410 e. The summed E-state index contributed by atoms with van der Waals surface area (Å²) in [5, 5.41) is 2.70. The Bertz CT molecular complexity index is 792. The molecule has 0 saturated carbocycles. The Morgan fingerprint density at radius 2 is 2.04 bits per heavy atom. The number of benzene rings is 2. The highest BCUT2D eigenvalue weighted by Gasteiger charge is 2.21. The maximum absolute atomic E-state index is 13.7. The van der Waals surface area contributed by atoms with Crippen LogP contribution in [-0.2, 0) is 11.3 Å². The average Bonchev–Trinajstić information content (AvgIpc) is 3.01. The number of halogens is 1. The number of nitrogens with one attached hydrogen (secondary N) is 1. The molecular weight excluding hydrogens is 327 g/mol. The largest absolute Gasteiger partial charge is 0.494 e. The summed E-state index contributed by atoms with van der Waals surface area (Å²) in [7, 11) is 1.36. The van der Waals surface area contributed by atoms with Gasteiger partial charge in [-0.1, -0.05) is 12.1 Å². The molecule has 2 aromatic carbocycles. The number of amides is 2. The lowest BCUT2D eigenvalue weighted by Crippen LogP contribution is -2.23. The number of carbonyl (C=O) groups is 2. The molecule has 1 aliphatic rings. The van der Waals surface area contributed by atoms with Crippen molar-refractivity contribution in [2.45, 2.75) is 6.54 Å². The highest BCUT2D eigenvalue weighted by Crippen LogP contribution is 2.19. The lowest BCUT2D eigenvalue weighted by atomic mass is 10.1. The van der Waals surface area contributed by atoms with E-state index in [-0.39, 0.29) is 17.4 Å². The molecule has 0 aliphatic carbocycles. The molecule has 7 heteroatoms. The number of nitrogens with zero attached hydrogens (tertiary/aromatic N) is 1. The summed E-state index contributed by atoms with van der Waals surface area (Å²) in [6.07, 6.45) is -0.320. The van der Waals surface area contributed by atoms with Gasteiger partial charge in [-0.3, -0.25) is 4.79 Å². The molecular formula is C18H17FN2O4. The lowest BCUT2D eigenvalue weighted by Gasteiger charge is -2.13. The van der Waals surface area contributed by atoms with Crippen LogP contribution in [0.25, 0.3) is 0 Å². The molecule has 0 unspecified atom stereocenters. The van der Waals surface area contributed by atoms with Gasteiger partial charge in [-0.15, -0.1) is 0 Å². The van der Waals surface area contributed by atoms with Crippen LogP contribution in [0, 0.1) is 5.82 Å². The zero-order chi connectivity index (χ0) is 17.8. The molecule has 1 fully saturated rings. The van der Waals surface area contributed by atoms with Gasteiger partial charge in [-0.05, 0) is 35.9 Å². The van der Waals surface area contributed by atoms with Crippen LogP contribution in [0.4, 0.5) is 14.9 Å². The monoisotopic (exact) mass is 344 g/mol. The minimum Gasteiger partial charge on any atom is -0.494 e. The number of hydrogen-bond donors (Lipinski definition) is 1. The second-order valence-corrected chi connectivity index (χ2v) is 5.54. The van der Waals surface area contributed by atoms with Crippen LogP contribution in [0.15, 0.2) is 42.5 Å². The summed E-state index contributed by atoms with van der Waals surface area (Å²) in [6, 6.07) is 11.1. The van der Waals surface area contributed by atoms with Gasteiger partial charge in [0, 0.05) is 17.8 Å². The van der Waals surface area contributed by atoms with Gasteiger partial charge < -0.3 is 19.7 Å². The molecule has 6 nitrogen and oxygen atoms in total. The van der Waals surface area contributed by atoms with Gasteiger partial charge in [-0.25, -0.2) is 9.18 Å². The zero-order valence-electron chi connectivity index (χ0n) is 13.6. The molecule has 2 aromatic rings. The van der Waals surface area contributed by atoms with E-state index in [4.69, 9.17) is 9.47 Å². The molecule has 2 amide bonds. The maximum atomic E-state index is 13.7. The van der Waals surface area contributed by atoms with Crippen molar-refractivity contribution in [3.05, 3.63) is 59.4 Å². The first-order chi connectivity index (χ1) is 12.1. The summed E-state index contributed by atoms with van der Waals surface area (Å²) in [5.74, 6) is -0.929. The van der Waals surface area contributed by atoms with Crippen LogP contribution in [0.2, 0.25) is 0 Å². The first-order valence-corrected chi connectivity index (χ1v) is 7.72. The minimum atomic E-state index is -0.594. The molecule has 1 N–H and O–H groups in total. The highest BCUT2D eigenvalue weighted by atomic mass is 19.1. The number of rotatable bonds is 5. The molecule has 1 saturated heterocycles. The summed E-state index contributed by atoms with van der Waals surface area (Å²) >= 11 is 0. The molecule has 0 atom stereocenters. The number of ether oxygens (including phenoxy) is 2. The Balaban J connectivity index is 1.63. The van der Waals surface area contributed by atoms with Crippen LogP contribution >= 0.6 is 0 Å². The van der Waals surface area contributed by atoms with Gasteiger partial charge in [-0.2, -0.15) is 0 Å². The predicted octanol–water partition coefficient (Wildman–Crippen LogP) is 3.04. The fraction of sp³-hybridized carbons (Fsp3) is 0.222. The number of cyclic esters (lactones) is 1. The second-order valence-electron chi connectivity index (χ2n) is 5.54. The third kappa shape index (κ3) is 3.88. The first kappa shape index (κ1) is 16.8. The Kier molecular flexibility index (Phi) is 4.83. The van der Waals surface area contributed by atoms with E-state index in [0.717, 1.165) is 11.6 Å². The van der Waals surface area contributed by atoms with Gasteiger partial charge in [0.1, 0.15) is 6.61 Å². The number of anilines is 1. The molecule has 3 rings (SSSR count). The SMILES string of the molecule is COc1ccc(C(=O)Nc2ccc(CN3CCOC3=O)cc2)cc1F. The smallest absolute Gasteiger partial charge is 0.410 e. The van der Waals surface area contributed by atoms with Gasteiger partial charge in [0.05, 0.1) is 13.7 Å². The first-order valence-electron chi connectivity index (χ1n) is 7.72.